The molecule has 1 amide bonds. The van der Waals surface area contributed by atoms with Crippen molar-refractivity contribution in [3.05, 3.63) is 51.2 Å². The summed E-state index contributed by atoms with van der Waals surface area (Å²) in [6.07, 6.45) is 3.04. The van der Waals surface area contributed by atoms with Crippen LogP contribution in [-0.4, -0.2) is 72.6 Å². The van der Waals surface area contributed by atoms with Crippen LogP contribution in [0.4, 0.5) is 11.4 Å². The number of nitrogens with two attached hydrogens (primary N) is 1. The molecular weight excluding hydrogens is 526 g/mol. The Balaban J connectivity index is 1.37. The van der Waals surface area contributed by atoms with Gasteiger partial charge in [-0.3, -0.25) is 14.5 Å². The number of carbonyl (C=O) groups is 2. The van der Waals surface area contributed by atoms with Crippen molar-refractivity contribution in [2.24, 2.45) is 10.7 Å². The molecule has 0 radical (unpaired) electrons. The molecule has 3 heterocycles. The molecule has 9 nitrogen and oxygen atoms in total. The lowest BCUT2D eigenvalue weighted by Crippen LogP contribution is -2.45. The first-order chi connectivity index (χ1) is 19.1. The molecule has 2 aromatic rings. The van der Waals surface area contributed by atoms with Gasteiger partial charge in [0.15, 0.2) is 0 Å². The third kappa shape index (κ3) is 7.71. The Morgan fingerprint density at radius 2 is 1.80 bits per heavy atom. The minimum atomic E-state index is -0.512. The smallest absolute Gasteiger partial charge is 0.338 e. The van der Waals surface area contributed by atoms with Gasteiger partial charge in [0.2, 0.25) is 0 Å². The van der Waals surface area contributed by atoms with Crippen LogP contribution in [0.25, 0.3) is 6.08 Å². The number of hydroxylamine groups is 2. The van der Waals surface area contributed by atoms with E-state index in [1.165, 1.54) is 9.94 Å². The van der Waals surface area contributed by atoms with Crippen LogP contribution in [0.3, 0.4) is 0 Å². The van der Waals surface area contributed by atoms with Crippen LogP contribution in [-0.2, 0) is 20.9 Å². The molecule has 4 rings (SSSR count). The van der Waals surface area contributed by atoms with E-state index in [-0.39, 0.29) is 11.9 Å². The van der Waals surface area contributed by atoms with Crippen LogP contribution in [0.2, 0.25) is 0 Å². The maximum Gasteiger partial charge on any atom is 0.338 e. The SMILES string of the molecule is CCCN(OCC)C(=O)C1=Cc2sc(CN3CCN(c4ccc(C(=O)OC(C)(C)C)cc4)CC3)cc2N=C(N)C1. The highest BCUT2D eigenvalue weighted by atomic mass is 32.1. The molecule has 0 bridgehead atoms. The average molecular weight is 568 g/mol. The third-order valence-electron chi connectivity index (χ3n) is 6.56. The quantitative estimate of drug-likeness (QED) is 0.337. The van der Waals surface area contributed by atoms with Gasteiger partial charge in [0, 0.05) is 61.8 Å². The molecule has 0 atom stereocenters. The summed E-state index contributed by atoms with van der Waals surface area (Å²) in [6.45, 7) is 14.9. The van der Waals surface area contributed by atoms with E-state index in [1.54, 1.807) is 11.3 Å². The average Bonchev–Trinajstić information content (AvgIpc) is 3.19. The number of anilines is 1. The zero-order valence-corrected chi connectivity index (χ0v) is 25.1. The number of fused-ring (bicyclic) bond motifs is 1. The van der Waals surface area contributed by atoms with Crippen LogP contribution in [0, 0.1) is 0 Å². The van der Waals surface area contributed by atoms with Crippen LogP contribution in [0.15, 0.2) is 40.9 Å². The first-order valence-electron chi connectivity index (χ1n) is 14.0. The zero-order chi connectivity index (χ0) is 28.9. The lowest BCUT2D eigenvalue weighted by Gasteiger charge is -2.36. The summed E-state index contributed by atoms with van der Waals surface area (Å²) >= 11 is 1.66. The number of amides is 1. The lowest BCUT2D eigenvalue weighted by molar-refractivity contribution is -0.180. The number of hydrogen-bond acceptors (Lipinski definition) is 9. The van der Waals surface area contributed by atoms with Gasteiger partial charge in [-0.2, -0.15) is 0 Å². The van der Waals surface area contributed by atoms with Crippen LogP contribution in [0.1, 0.15) is 67.6 Å². The van der Waals surface area contributed by atoms with Crippen molar-refractivity contribution in [1.82, 2.24) is 9.96 Å². The van der Waals surface area contributed by atoms with Crippen molar-refractivity contribution in [2.45, 2.75) is 59.6 Å². The fourth-order valence-corrected chi connectivity index (χ4v) is 5.84. The van der Waals surface area contributed by atoms with Crippen molar-refractivity contribution in [2.75, 3.05) is 44.2 Å². The molecule has 0 saturated carbocycles. The minimum absolute atomic E-state index is 0.153. The second-order valence-electron chi connectivity index (χ2n) is 11.0. The van der Waals surface area contributed by atoms with Gasteiger partial charge in [-0.25, -0.2) is 14.9 Å². The number of amidine groups is 1. The topological polar surface area (TPSA) is 101 Å². The van der Waals surface area contributed by atoms with E-state index in [9.17, 15) is 9.59 Å². The van der Waals surface area contributed by atoms with Crippen molar-refractivity contribution < 1.29 is 19.2 Å². The van der Waals surface area contributed by atoms with Crippen LogP contribution >= 0.6 is 11.3 Å². The lowest BCUT2D eigenvalue weighted by atomic mass is 10.1. The van der Waals surface area contributed by atoms with Crippen LogP contribution < -0.4 is 10.6 Å². The fourth-order valence-electron chi connectivity index (χ4n) is 4.73. The van der Waals surface area contributed by atoms with E-state index < -0.39 is 5.60 Å². The maximum absolute atomic E-state index is 13.2. The number of rotatable bonds is 9. The number of benzene rings is 1. The summed E-state index contributed by atoms with van der Waals surface area (Å²) in [5, 5.41) is 1.43. The van der Waals surface area contributed by atoms with Gasteiger partial charge >= 0.3 is 5.97 Å². The first kappa shape index (κ1) is 29.8. The molecule has 40 heavy (non-hydrogen) atoms. The fraction of sp³-hybridized carbons (Fsp3) is 0.500. The summed E-state index contributed by atoms with van der Waals surface area (Å²) in [7, 11) is 0. The molecule has 2 aliphatic heterocycles. The summed E-state index contributed by atoms with van der Waals surface area (Å²) in [6, 6.07) is 9.75. The Morgan fingerprint density at radius 1 is 1.10 bits per heavy atom. The first-order valence-corrected chi connectivity index (χ1v) is 14.8. The van der Waals surface area contributed by atoms with E-state index >= 15 is 0 Å². The standard InChI is InChI=1S/C30H41N5O4S/c1-6-12-35(38-7-2)28(36)22-17-26-25(32-27(31)18-22)19-24(40-26)20-33-13-15-34(16-14-33)23-10-8-21(9-11-23)29(37)39-30(3,4)5/h8-11,17,19H,6-7,12-16,18,20H2,1-5H3,(H2,31,32). The van der Waals surface area contributed by atoms with E-state index in [4.69, 9.17) is 15.3 Å². The van der Waals surface area contributed by atoms with Gasteiger partial charge in [-0.15, -0.1) is 11.3 Å². The molecule has 1 aromatic carbocycles. The predicted molar refractivity (Wildman–Crippen MR) is 161 cm³/mol. The molecule has 10 heteroatoms. The summed E-state index contributed by atoms with van der Waals surface area (Å²) in [4.78, 5) is 42.6. The Bertz CT molecular complexity index is 1250. The second-order valence-corrected chi connectivity index (χ2v) is 12.2. The summed E-state index contributed by atoms with van der Waals surface area (Å²) < 4.78 is 5.47. The van der Waals surface area contributed by atoms with E-state index in [0.29, 0.717) is 36.5 Å². The normalized spacial score (nSPS) is 16.1. The van der Waals surface area contributed by atoms with Gasteiger partial charge in [-0.1, -0.05) is 6.92 Å². The Morgan fingerprint density at radius 3 is 2.42 bits per heavy atom. The van der Waals surface area contributed by atoms with Crippen molar-refractivity contribution in [3.8, 4) is 0 Å². The van der Waals surface area contributed by atoms with Crippen molar-refractivity contribution in [3.63, 3.8) is 0 Å². The molecular formula is C30H41N5O4S. The van der Waals surface area contributed by atoms with Crippen LogP contribution in [0.5, 0.6) is 0 Å². The van der Waals surface area contributed by atoms with E-state index in [1.807, 2.05) is 65.0 Å². The van der Waals surface area contributed by atoms with E-state index in [0.717, 1.165) is 55.4 Å². The highest BCUT2D eigenvalue weighted by Crippen LogP contribution is 2.35. The molecule has 1 aromatic heterocycles. The highest BCUT2D eigenvalue weighted by molar-refractivity contribution is 7.13. The van der Waals surface area contributed by atoms with E-state index in [2.05, 4.69) is 20.9 Å². The molecule has 1 fully saturated rings. The Labute approximate surface area is 241 Å². The number of carbonyl (C=O) groups excluding carboxylic acids is 2. The Kier molecular flexibility index (Phi) is 9.65. The number of ether oxygens (including phenoxy) is 1. The molecule has 0 aliphatic carbocycles. The van der Waals surface area contributed by atoms with Crippen molar-refractivity contribution >= 4 is 46.5 Å². The van der Waals surface area contributed by atoms with Crippen molar-refractivity contribution in [1.29, 1.82) is 0 Å². The minimum Gasteiger partial charge on any atom is -0.456 e. The number of piperazine rings is 1. The molecule has 216 valence electrons. The number of thiophene rings is 1. The van der Waals surface area contributed by atoms with Gasteiger partial charge in [0.25, 0.3) is 5.91 Å². The number of esters is 1. The number of aliphatic imine (C=N–C) groups is 1. The maximum atomic E-state index is 13.2. The second kappa shape index (κ2) is 13.0. The summed E-state index contributed by atoms with van der Waals surface area (Å²) in [5.74, 6) is -0.0231. The third-order valence-corrected chi connectivity index (χ3v) is 7.62. The molecule has 2 aliphatic rings. The monoisotopic (exact) mass is 567 g/mol. The highest BCUT2D eigenvalue weighted by Gasteiger charge is 2.24. The Hall–Kier alpha value is -3.21. The predicted octanol–water partition coefficient (Wildman–Crippen LogP) is 4.99. The molecule has 2 N–H and O–H groups in total. The zero-order valence-electron chi connectivity index (χ0n) is 24.2. The number of hydrogen-bond donors (Lipinski definition) is 1. The van der Waals surface area contributed by atoms with Gasteiger partial charge in [0.05, 0.1) is 22.7 Å². The largest absolute Gasteiger partial charge is 0.456 e. The molecule has 0 spiro atoms. The van der Waals surface area contributed by atoms with Gasteiger partial charge < -0.3 is 15.4 Å². The van der Waals surface area contributed by atoms with Gasteiger partial charge in [-0.05, 0) is 70.5 Å². The number of nitrogens with zero attached hydrogens (tertiary/aromatic N) is 4. The van der Waals surface area contributed by atoms with Gasteiger partial charge in [0.1, 0.15) is 11.4 Å². The molecule has 1 saturated heterocycles. The molecule has 0 unspecified atom stereocenters. The summed E-state index contributed by atoms with van der Waals surface area (Å²) in [5.41, 5.74) is 8.78.